The highest BCUT2D eigenvalue weighted by Gasteiger charge is 2.11. The number of fused-ring (bicyclic) bond motifs is 1. The van der Waals surface area contributed by atoms with E-state index in [9.17, 15) is 9.90 Å². The quantitative estimate of drug-likeness (QED) is 0.649. The van der Waals surface area contributed by atoms with Crippen molar-refractivity contribution in [2.45, 2.75) is 13.3 Å². The van der Waals surface area contributed by atoms with Crippen LogP contribution in [0.5, 0.6) is 5.75 Å². The minimum absolute atomic E-state index is 0.0559. The van der Waals surface area contributed by atoms with Crippen molar-refractivity contribution in [2.75, 3.05) is 13.2 Å². The van der Waals surface area contributed by atoms with Gasteiger partial charge >= 0.3 is 0 Å². The molecule has 18 heavy (non-hydrogen) atoms. The largest absolute Gasteiger partial charge is 0.507 e. The molecule has 0 aliphatic carbocycles. The van der Waals surface area contributed by atoms with E-state index >= 15 is 0 Å². The van der Waals surface area contributed by atoms with Gasteiger partial charge in [-0.2, -0.15) is 0 Å². The van der Waals surface area contributed by atoms with Crippen molar-refractivity contribution in [3.05, 3.63) is 42.0 Å². The number of benzene rings is 2. The Bertz CT molecular complexity index is 561. The van der Waals surface area contributed by atoms with Gasteiger partial charge in [-0.3, -0.25) is 4.79 Å². The number of phenolic OH excluding ortho intramolecular Hbond substituents is 1. The molecule has 0 saturated carbocycles. The Morgan fingerprint density at radius 3 is 2.61 bits per heavy atom. The van der Waals surface area contributed by atoms with Crippen LogP contribution >= 0.6 is 0 Å². The molecule has 0 saturated heterocycles. The first-order valence-electron chi connectivity index (χ1n) is 6.05. The Kier molecular flexibility index (Phi) is 3.95. The second-order valence-corrected chi connectivity index (χ2v) is 4.15. The molecule has 0 heterocycles. The van der Waals surface area contributed by atoms with Gasteiger partial charge in [-0.1, -0.05) is 31.2 Å². The SMILES string of the molecule is CCCOCC(=O)c1ccc(O)c2ccccc12. The van der Waals surface area contributed by atoms with Crippen LogP contribution in [-0.4, -0.2) is 24.1 Å². The number of phenols is 1. The molecule has 3 nitrogen and oxygen atoms in total. The average molecular weight is 244 g/mol. The molecule has 0 unspecified atom stereocenters. The first-order valence-corrected chi connectivity index (χ1v) is 6.05. The second kappa shape index (κ2) is 5.65. The summed E-state index contributed by atoms with van der Waals surface area (Å²) in [5, 5.41) is 11.2. The van der Waals surface area contributed by atoms with E-state index in [2.05, 4.69) is 0 Å². The molecule has 0 bridgehead atoms. The Labute approximate surface area is 106 Å². The molecule has 0 aliphatic rings. The molecular weight excluding hydrogens is 228 g/mol. The molecule has 2 rings (SSSR count). The van der Waals surface area contributed by atoms with Gasteiger partial charge in [0.2, 0.25) is 0 Å². The van der Waals surface area contributed by atoms with Gasteiger partial charge in [0.15, 0.2) is 5.78 Å². The zero-order valence-corrected chi connectivity index (χ0v) is 10.3. The summed E-state index contributed by atoms with van der Waals surface area (Å²) in [6.07, 6.45) is 0.892. The monoisotopic (exact) mass is 244 g/mol. The average Bonchev–Trinajstić information content (AvgIpc) is 2.39. The lowest BCUT2D eigenvalue weighted by Gasteiger charge is -2.07. The third kappa shape index (κ3) is 2.51. The Morgan fingerprint density at radius 2 is 1.89 bits per heavy atom. The van der Waals surface area contributed by atoms with Gasteiger partial charge in [0.1, 0.15) is 12.4 Å². The van der Waals surface area contributed by atoms with Crippen molar-refractivity contribution in [3.63, 3.8) is 0 Å². The van der Waals surface area contributed by atoms with E-state index in [1.165, 1.54) is 0 Å². The first kappa shape index (κ1) is 12.6. The maximum absolute atomic E-state index is 12.0. The van der Waals surface area contributed by atoms with Crippen LogP contribution in [0.4, 0.5) is 0 Å². The molecule has 2 aromatic rings. The molecule has 0 aromatic heterocycles. The zero-order valence-electron chi connectivity index (χ0n) is 10.3. The van der Waals surface area contributed by atoms with Gasteiger partial charge in [-0.25, -0.2) is 0 Å². The fourth-order valence-corrected chi connectivity index (χ4v) is 1.91. The van der Waals surface area contributed by atoms with Crippen LogP contribution in [0, 0.1) is 0 Å². The summed E-state index contributed by atoms with van der Waals surface area (Å²) in [6, 6.07) is 10.5. The molecular formula is C15H16O3. The standard InChI is InChI=1S/C15H16O3/c1-2-9-18-10-15(17)13-7-8-14(16)12-6-4-3-5-11(12)13/h3-8,16H,2,9-10H2,1H3. The molecule has 3 heteroatoms. The van der Waals surface area contributed by atoms with Crippen molar-refractivity contribution in [1.82, 2.24) is 0 Å². The topological polar surface area (TPSA) is 46.5 Å². The van der Waals surface area contributed by atoms with E-state index in [4.69, 9.17) is 4.74 Å². The lowest BCUT2D eigenvalue weighted by Crippen LogP contribution is -2.10. The second-order valence-electron chi connectivity index (χ2n) is 4.15. The van der Waals surface area contributed by atoms with E-state index in [1.54, 1.807) is 18.2 Å². The number of carbonyl (C=O) groups is 1. The lowest BCUT2D eigenvalue weighted by molar-refractivity contribution is 0.0763. The number of ether oxygens (including phenoxy) is 1. The minimum atomic E-state index is -0.0559. The highest BCUT2D eigenvalue weighted by Crippen LogP contribution is 2.27. The van der Waals surface area contributed by atoms with Crippen LogP contribution in [0.25, 0.3) is 10.8 Å². The smallest absolute Gasteiger partial charge is 0.189 e. The lowest BCUT2D eigenvalue weighted by atomic mass is 10.0. The fraction of sp³-hybridized carbons (Fsp3) is 0.267. The van der Waals surface area contributed by atoms with Crippen LogP contribution in [0.3, 0.4) is 0 Å². The van der Waals surface area contributed by atoms with Crippen LogP contribution < -0.4 is 0 Å². The van der Waals surface area contributed by atoms with Crippen LogP contribution in [0.2, 0.25) is 0 Å². The van der Waals surface area contributed by atoms with Crippen molar-refractivity contribution >= 4 is 16.6 Å². The van der Waals surface area contributed by atoms with E-state index in [1.807, 2.05) is 25.1 Å². The van der Waals surface area contributed by atoms with Gasteiger partial charge in [0, 0.05) is 17.6 Å². The van der Waals surface area contributed by atoms with E-state index in [0.29, 0.717) is 17.6 Å². The summed E-state index contributed by atoms with van der Waals surface area (Å²) >= 11 is 0. The fourth-order valence-electron chi connectivity index (χ4n) is 1.91. The van der Waals surface area contributed by atoms with E-state index in [-0.39, 0.29) is 18.1 Å². The Morgan fingerprint density at radius 1 is 1.17 bits per heavy atom. The van der Waals surface area contributed by atoms with Crippen LogP contribution in [-0.2, 0) is 4.74 Å². The maximum atomic E-state index is 12.0. The van der Waals surface area contributed by atoms with Crippen LogP contribution in [0.1, 0.15) is 23.7 Å². The van der Waals surface area contributed by atoms with Gasteiger partial charge in [-0.15, -0.1) is 0 Å². The summed E-state index contributed by atoms with van der Waals surface area (Å²) in [4.78, 5) is 12.0. The molecule has 0 spiro atoms. The molecule has 0 atom stereocenters. The molecule has 0 fully saturated rings. The number of hydrogen-bond acceptors (Lipinski definition) is 3. The molecule has 2 aromatic carbocycles. The predicted octanol–water partition coefficient (Wildman–Crippen LogP) is 3.15. The highest BCUT2D eigenvalue weighted by atomic mass is 16.5. The molecule has 94 valence electrons. The number of aromatic hydroxyl groups is 1. The maximum Gasteiger partial charge on any atom is 0.189 e. The van der Waals surface area contributed by atoms with Gasteiger partial charge in [0.05, 0.1) is 0 Å². The summed E-state index contributed by atoms with van der Waals surface area (Å²) in [7, 11) is 0. The third-order valence-corrected chi connectivity index (χ3v) is 2.78. The van der Waals surface area contributed by atoms with Crippen molar-refractivity contribution in [2.24, 2.45) is 0 Å². The number of rotatable bonds is 5. The normalized spacial score (nSPS) is 10.7. The van der Waals surface area contributed by atoms with Gasteiger partial charge in [0.25, 0.3) is 0 Å². The minimum Gasteiger partial charge on any atom is -0.507 e. The summed E-state index contributed by atoms with van der Waals surface area (Å²) in [5.74, 6) is 0.135. The van der Waals surface area contributed by atoms with E-state index < -0.39 is 0 Å². The number of ketones is 1. The zero-order chi connectivity index (χ0) is 13.0. The molecule has 0 aliphatic heterocycles. The first-order chi connectivity index (χ1) is 8.74. The van der Waals surface area contributed by atoms with Crippen molar-refractivity contribution in [1.29, 1.82) is 0 Å². The number of hydrogen-bond donors (Lipinski definition) is 1. The number of carbonyl (C=O) groups excluding carboxylic acids is 1. The van der Waals surface area contributed by atoms with Crippen molar-refractivity contribution in [3.8, 4) is 5.75 Å². The van der Waals surface area contributed by atoms with Gasteiger partial charge < -0.3 is 9.84 Å². The van der Waals surface area contributed by atoms with Crippen molar-refractivity contribution < 1.29 is 14.6 Å². The molecule has 1 N–H and O–H groups in total. The Hall–Kier alpha value is -1.87. The van der Waals surface area contributed by atoms with Gasteiger partial charge in [-0.05, 0) is 23.9 Å². The summed E-state index contributed by atoms with van der Waals surface area (Å²) in [5.41, 5.74) is 0.597. The summed E-state index contributed by atoms with van der Waals surface area (Å²) < 4.78 is 5.27. The number of Topliss-reactive ketones (excluding diaryl/α,β-unsaturated/α-hetero) is 1. The molecule has 0 radical (unpaired) electrons. The Balaban J connectivity index is 2.33. The predicted molar refractivity (Wildman–Crippen MR) is 71.1 cm³/mol. The summed E-state index contributed by atoms with van der Waals surface area (Å²) in [6.45, 7) is 2.67. The highest BCUT2D eigenvalue weighted by molar-refractivity contribution is 6.10. The van der Waals surface area contributed by atoms with E-state index in [0.717, 1.165) is 11.8 Å². The van der Waals surface area contributed by atoms with Crippen LogP contribution in [0.15, 0.2) is 36.4 Å². The third-order valence-electron chi connectivity index (χ3n) is 2.78. The molecule has 0 amide bonds.